The molecule has 0 aromatic heterocycles. The highest BCUT2D eigenvalue weighted by Crippen LogP contribution is 2.64. The zero-order valence-corrected chi connectivity index (χ0v) is 32.9. The lowest BCUT2D eigenvalue weighted by Gasteiger charge is -2.52. The van der Waals surface area contributed by atoms with Crippen molar-refractivity contribution in [2.45, 2.75) is 137 Å². The van der Waals surface area contributed by atoms with Gasteiger partial charge in [0, 0.05) is 61.7 Å². The Kier molecular flexibility index (Phi) is 6.07. The second-order valence-electron chi connectivity index (χ2n) is 19.4. The molecule has 4 aromatic carbocycles. The van der Waals surface area contributed by atoms with Gasteiger partial charge in [-0.3, -0.25) is 0 Å². The van der Waals surface area contributed by atoms with E-state index in [0.29, 0.717) is 5.41 Å². The molecular weight excluding hydrogens is 605 g/mol. The van der Waals surface area contributed by atoms with Crippen LogP contribution < -0.4 is 31.1 Å². The fourth-order valence-corrected chi connectivity index (χ4v) is 11.0. The molecule has 9 rings (SSSR count). The number of benzene rings is 4. The summed E-state index contributed by atoms with van der Waals surface area (Å²) in [7, 11) is 0. The van der Waals surface area contributed by atoms with Gasteiger partial charge in [-0.15, -0.1) is 0 Å². The first-order chi connectivity index (χ1) is 23.4. The minimum Gasteiger partial charge on any atom is -0.335 e. The van der Waals surface area contributed by atoms with Crippen molar-refractivity contribution in [1.82, 2.24) is 0 Å². The Morgan fingerprint density at radius 3 is 1.46 bits per heavy atom. The van der Waals surface area contributed by atoms with E-state index in [2.05, 4.69) is 171 Å². The number of hydrogen-bond donors (Lipinski definition) is 0. The van der Waals surface area contributed by atoms with E-state index in [1.165, 1.54) is 86.7 Å². The molecule has 0 fully saturated rings. The highest BCUT2D eigenvalue weighted by atomic mass is 15.3. The van der Waals surface area contributed by atoms with Gasteiger partial charge < -0.3 is 14.7 Å². The molecule has 50 heavy (non-hydrogen) atoms. The zero-order valence-electron chi connectivity index (χ0n) is 32.9. The predicted molar refractivity (Wildman–Crippen MR) is 217 cm³/mol. The lowest BCUT2D eigenvalue weighted by Crippen LogP contribution is -2.67. The van der Waals surface area contributed by atoms with E-state index in [-0.39, 0.29) is 34.0 Å². The van der Waals surface area contributed by atoms with E-state index < -0.39 is 0 Å². The Balaban J connectivity index is 1.31. The topological polar surface area (TPSA) is 9.72 Å². The molecule has 0 spiro atoms. The molecule has 4 aromatic rings. The van der Waals surface area contributed by atoms with Crippen LogP contribution in [0.15, 0.2) is 66.7 Å². The van der Waals surface area contributed by atoms with E-state index in [1.54, 1.807) is 5.46 Å². The van der Waals surface area contributed by atoms with Crippen LogP contribution in [0.5, 0.6) is 0 Å². The Bertz CT molecular complexity index is 2020. The molecule has 0 bridgehead atoms. The van der Waals surface area contributed by atoms with Gasteiger partial charge in [-0.2, -0.15) is 0 Å². The van der Waals surface area contributed by atoms with Crippen molar-refractivity contribution in [3.05, 3.63) is 83.4 Å². The van der Waals surface area contributed by atoms with Crippen molar-refractivity contribution in [3.8, 4) is 0 Å². The summed E-state index contributed by atoms with van der Waals surface area (Å²) in [6.07, 6.45) is 3.61. The molecule has 0 amide bonds. The largest absolute Gasteiger partial charge is 0.335 e. The Hall–Kier alpha value is -3.66. The Labute approximate surface area is 302 Å². The summed E-state index contributed by atoms with van der Waals surface area (Å²) in [5.41, 5.74) is 18.7. The van der Waals surface area contributed by atoms with Crippen LogP contribution in [0, 0.1) is 5.41 Å². The molecule has 0 aliphatic carbocycles. The molecule has 4 heteroatoms. The quantitative estimate of drug-likeness (QED) is 0.168. The summed E-state index contributed by atoms with van der Waals surface area (Å²) < 4.78 is 0. The van der Waals surface area contributed by atoms with E-state index in [1.807, 2.05) is 0 Å². The highest BCUT2D eigenvalue weighted by molar-refractivity contribution is 7.02. The van der Waals surface area contributed by atoms with Gasteiger partial charge in [0.2, 0.25) is 0 Å². The molecule has 5 aliphatic heterocycles. The standard InChI is InChI=1S/C46H56BN3/c1-14-46(13,15-2)27-41(3,4)28-22-24-29(25-23-28)48-32-18-16-20-34-36(32)47-37-33(48)19-17-21-35(37)50-40-31(43(7,8)45(50,11)12)26-30-39(38(40)47)49(34)44(9,10)42(30,5)6/h16-26H,14-15,27H2,1-13H3. The smallest absolute Gasteiger partial charge is 0.257 e. The molecule has 0 saturated carbocycles. The second-order valence-corrected chi connectivity index (χ2v) is 19.4. The number of nitrogens with zero attached hydrogens (tertiary/aromatic N) is 3. The molecule has 0 atom stereocenters. The maximum absolute atomic E-state index is 2.75. The van der Waals surface area contributed by atoms with Crippen LogP contribution in [0.2, 0.25) is 0 Å². The molecule has 0 radical (unpaired) electrons. The van der Waals surface area contributed by atoms with Crippen molar-refractivity contribution in [2.24, 2.45) is 5.41 Å². The van der Waals surface area contributed by atoms with Gasteiger partial charge >= 0.3 is 0 Å². The molecule has 3 nitrogen and oxygen atoms in total. The fraction of sp³-hybridized carbons (Fsp3) is 0.478. The monoisotopic (exact) mass is 661 g/mol. The van der Waals surface area contributed by atoms with Crippen LogP contribution in [0.4, 0.5) is 39.8 Å². The molecule has 5 heterocycles. The van der Waals surface area contributed by atoms with Gasteiger partial charge in [0.1, 0.15) is 0 Å². The van der Waals surface area contributed by atoms with Crippen molar-refractivity contribution in [3.63, 3.8) is 0 Å². The molecule has 0 unspecified atom stereocenters. The van der Waals surface area contributed by atoms with Crippen LogP contribution in [0.25, 0.3) is 0 Å². The highest BCUT2D eigenvalue weighted by Gasteiger charge is 2.64. The van der Waals surface area contributed by atoms with E-state index in [0.717, 1.165) is 0 Å². The third kappa shape index (κ3) is 3.50. The first kappa shape index (κ1) is 32.3. The third-order valence-corrected chi connectivity index (χ3v) is 15.7. The van der Waals surface area contributed by atoms with Gasteiger partial charge in [0.05, 0.1) is 0 Å². The summed E-state index contributed by atoms with van der Waals surface area (Å²) in [6.45, 7) is 32.1. The van der Waals surface area contributed by atoms with Gasteiger partial charge in [-0.05, 0) is 114 Å². The Morgan fingerprint density at radius 1 is 0.580 bits per heavy atom. The van der Waals surface area contributed by atoms with Crippen molar-refractivity contribution in [1.29, 1.82) is 0 Å². The average Bonchev–Trinajstić information content (AvgIpc) is 3.34. The predicted octanol–water partition coefficient (Wildman–Crippen LogP) is 10.5. The maximum Gasteiger partial charge on any atom is 0.257 e. The SMILES string of the molecule is CCC(C)(CC)CC(C)(C)c1ccc(N2c3cccc4c3B3c5c2cccc5N2c5c(cc6c(c53)N4C(C)(C)C6(C)C)C(C)(C)C2(C)C)cc1. The first-order valence-corrected chi connectivity index (χ1v) is 19.3. The summed E-state index contributed by atoms with van der Waals surface area (Å²) >= 11 is 0. The third-order valence-electron chi connectivity index (χ3n) is 15.7. The summed E-state index contributed by atoms with van der Waals surface area (Å²) in [5, 5.41) is 0. The number of anilines is 7. The number of rotatable bonds is 6. The van der Waals surface area contributed by atoms with Crippen molar-refractivity contribution in [2.75, 3.05) is 14.7 Å². The fourth-order valence-electron chi connectivity index (χ4n) is 11.0. The van der Waals surface area contributed by atoms with Crippen LogP contribution in [-0.4, -0.2) is 17.8 Å². The number of hydrogen-bond acceptors (Lipinski definition) is 3. The van der Waals surface area contributed by atoms with E-state index in [9.17, 15) is 0 Å². The molecule has 0 N–H and O–H groups in total. The van der Waals surface area contributed by atoms with Gasteiger partial charge in [-0.1, -0.05) is 105 Å². The molecular formula is C46H56BN3. The summed E-state index contributed by atoms with van der Waals surface area (Å²) in [4.78, 5) is 8.10. The van der Waals surface area contributed by atoms with Crippen LogP contribution in [-0.2, 0) is 16.2 Å². The zero-order chi connectivity index (χ0) is 35.7. The van der Waals surface area contributed by atoms with Gasteiger partial charge in [-0.25, -0.2) is 0 Å². The molecule has 5 aliphatic rings. The molecule has 258 valence electrons. The Morgan fingerprint density at radius 2 is 1.02 bits per heavy atom. The minimum absolute atomic E-state index is 0.0362. The lowest BCUT2D eigenvalue weighted by molar-refractivity contribution is 0.213. The van der Waals surface area contributed by atoms with Crippen molar-refractivity contribution < 1.29 is 0 Å². The van der Waals surface area contributed by atoms with Crippen molar-refractivity contribution >= 4 is 62.9 Å². The van der Waals surface area contributed by atoms with E-state index >= 15 is 0 Å². The van der Waals surface area contributed by atoms with E-state index in [4.69, 9.17) is 0 Å². The average molecular weight is 662 g/mol. The minimum atomic E-state index is -0.105. The number of fused-ring (bicyclic) bond motifs is 2. The molecule has 0 saturated heterocycles. The van der Waals surface area contributed by atoms with Crippen LogP contribution >= 0.6 is 0 Å². The first-order valence-electron chi connectivity index (χ1n) is 19.3. The summed E-state index contributed by atoms with van der Waals surface area (Å²) in [5.74, 6) is 0. The van der Waals surface area contributed by atoms with Crippen LogP contribution in [0.3, 0.4) is 0 Å². The van der Waals surface area contributed by atoms with Gasteiger partial charge in [0.15, 0.2) is 0 Å². The maximum atomic E-state index is 2.75. The lowest BCUT2D eigenvalue weighted by atomic mass is 9.31. The summed E-state index contributed by atoms with van der Waals surface area (Å²) in [6, 6.07) is 26.5. The van der Waals surface area contributed by atoms with Crippen LogP contribution in [0.1, 0.15) is 126 Å². The second kappa shape index (κ2) is 9.41. The normalized spacial score (nSPS) is 20.4. The van der Waals surface area contributed by atoms with Gasteiger partial charge in [0.25, 0.3) is 6.71 Å².